The molecule has 18 heavy (non-hydrogen) atoms. The molecule has 0 spiro atoms. The fraction of sp³-hybridized carbons (Fsp3) is 0.692. The summed E-state index contributed by atoms with van der Waals surface area (Å²) in [7, 11) is 1.73. The van der Waals surface area contributed by atoms with Crippen LogP contribution in [-0.2, 0) is 4.74 Å². The zero-order valence-corrected chi connectivity index (χ0v) is 11.9. The van der Waals surface area contributed by atoms with Crippen molar-refractivity contribution >= 4 is 0 Å². The van der Waals surface area contributed by atoms with Crippen LogP contribution >= 0.6 is 0 Å². The molecule has 0 aliphatic carbocycles. The summed E-state index contributed by atoms with van der Waals surface area (Å²) in [5, 5.41) is 8.17. The Morgan fingerprint density at radius 3 is 2.61 bits per heavy atom. The van der Waals surface area contributed by atoms with Gasteiger partial charge in [-0.05, 0) is 52.2 Å². The van der Waals surface area contributed by atoms with Crippen molar-refractivity contribution in [2.45, 2.75) is 52.2 Å². The van der Waals surface area contributed by atoms with Gasteiger partial charge in [-0.2, -0.15) is 10.2 Å². The van der Waals surface area contributed by atoms with Gasteiger partial charge in [-0.15, -0.1) is 0 Å². The number of aromatic nitrogens is 2. The normalized spacial score (nSPS) is 13.7. The van der Waals surface area contributed by atoms with Gasteiger partial charge in [0, 0.05) is 13.2 Å². The monoisotopic (exact) mass is 252 g/mol. The van der Waals surface area contributed by atoms with Crippen molar-refractivity contribution in [1.82, 2.24) is 15.6 Å². The van der Waals surface area contributed by atoms with Crippen LogP contribution in [0.5, 0.6) is 0 Å². The lowest BCUT2D eigenvalue weighted by Crippen LogP contribution is -2.32. The second kappa shape index (κ2) is 6.22. The number of nitrogens with two attached hydrogens (primary N) is 1. The summed E-state index contributed by atoms with van der Waals surface area (Å²) in [6.07, 6.45) is 1.81. The maximum atomic E-state index is 5.66. The Kier molecular flexibility index (Phi) is 5.19. The predicted octanol–water partition coefficient (Wildman–Crippen LogP) is 1.80. The molecule has 1 aromatic rings. The van der Waals surface area contributed by atoms with Crippen LogP contribution in [0.1, 0.15) is 49.7 Å². The van der Waals surface area contributed by atoms with Crippen LogP contribution in [-0.4, -0.2) is 22.9 Å². The average Bonchev–Trinajstić information content (AvgIpc) is 2.34. The third-order valence-electron chi connectivity index (χ3n) is 3.30. The molecule has 0 saturated heterocycles. The van der Waals surface area contributed by atoms with Gasteiger partial charge in [-0.25, -0.2) is 0 Å². The Morgan fingerprint density at radius 1 is 1.39 bits per heavy atom. The molecule has 0 aliphatic rings. The molecule has 0 aromatic carbocycles. The summed E-state index contributed by atoms with van der Waals surface area (Å²) in [6.45, 7) is 8.03. The highest BCUT2D eigenvalue weighted by molar-refractivity contribution is 5.23. The van der Waals surface area contributed by atoms with Crippen molar-refractivity contribution in [2.75, 3.05) is 7.11 Å². The van der Waals surface area contributed by atoms with E-state index < -0.39 is 0 Å². The van der Waals surface area contributed by atoms with Crippen LogP contribution in [0.15, 0.2) is 6.07 Å². The van der Waals surface area contributed by atoms with Gasteiger partial charge in [0.15, 0.2) is 0 Å². The second-order valence-corrected chi connectivity index (χ2v) is 5.25. The summed E-state index contributed by atoms with van der Waals surface area (Å²) < 4.78 is 5.43. The maximum Gasteiger partial charge on any atom is 0.0648 e. The van der Waals surface area contributed by atoms with Crippen LogP contribution in [0.3, 0.4) is 0 Å². The highest BCUT2D eigenvalue weighted by Gasteiger charge is 2.21. The molecule has 0 bridgehead atoms. The van der Waals surface area contributed by atoms with Gasteiger partial charge in [0.1, 0.15) is 0 Å². The largest absolute Gasteiger partial charge is 0.379 e. The molecule has 1 heterocycles. The van der Waals surface area contributed by atoms with Crippen molar-refractivity contribution in [3.8, 4) is 0 Å². The number of hydrazine groups is 1. The number of hydrogen-bond acceptors (Lipinski definition) is 5. The number of ether oxygens (including phenoxy) is 1. The van der Waals surface area contributed by atoms with Gasteiger partial charge in [0.05, 0.1) is 17.0 Å². The molecular formula is C13H24N4O. The first kappa shape index (κ1) is 15.0. The topological polar surface area (TPSA) is 73.1 Å². The molecule has 1 aromatic heterocycles. The lowest BCUT2D eigenvalue weighted by Gasteiger charge is -2.26. The molecule has 1 atom stereocenters. The number of methoxy groups -OCH3 is 1. The highest BCUT2D eigenvalue weighted by Crippen LogP contribution is 2.25. The van der Waals surface area contributed by atoms with E-state index in [4.69, 9.17) is 10.6 Å². The molecular weight excluding hydrogens is 228 g/mol. The van der Waals surface area contributed by atoms with Gasteiger partial charge >= 0.3 is 0 Å². The number of hydrogen-bond donors (Lipinski definition) is 2. The van der Waals surface area contributed by atoms with Gasteiger partial charge in [0.25, 0.3) is 0 Å². The zero-order valence-electron chi connectivity index (χ0n) is 11.9. The molecule has 5 nitrogen and oxygen atoms in total. The summed E-state index contributed by atoms with van der Waals surface area (Å²) in [6, 6.07) is 2.11. The molecule has 0 aliphatic heterocycles. The van der Waals surface area contributed by atoms with Crippen LogP contribution in [0.25, 0.3) is 0 Å². The molecule has 0 amide bonds. The minimum Gasteiger partial charge on any atom is -0.379 e. The third-order valence-corrected chi connectivity index (χ3v) is 3.30. The van der Waals surface area contributed by atoms with Gasteiger partial charge in [0.2, 0.25) is 0 Å². The summed E-state index contributed by atoms with van der Waals surface area (Å²) in [5.41, 5.74) is 5.65. The summed E-state index contributed by atoms with van der Waals surface area (Å²) >= 11 is 0. The average molecular weight is 252 g/mol. The van der Waals surface area contributed by atoms with Crippen molar-refractivity contribution < 1.29 is 4.74 Å². The minimum absolute atomic E-state index is 0.0774. The molecule has 0 saturated carbocycles. The van der Waals surface area contributed by atoms with Crippen molar-refractivity contribution in [2.24, 2.45) is 5.84 Å². The predicted molar refractivity (Wildman–Crippen MR) is 71.9 cm³/mol. The van der Waals surface area contributed by atoms with E-state index in [9.17, 15) is 0 Å². The van der Waals surface area contributed by atoms with Crippen LogP contribution < -0.4 is 11.3 Å². The van der Waals surface area contributed by atoms with Crippen molar-refractivity contribution in [1.29, 1.82) is 0 Å². The molecule has 1 unspecified atom stereocenters. The third kappa shape index (κ3) is 4.01. The van der Waals surface area contributed by atoms with E-state index in [0.29, 0.717) is 0 Å². The number of aryl methyl sites for hydroxylation is 2. The molecule has 3 N–H and O–H groups in total. The highest BCUT2D eigenvalue weighted by atomic mass is 16.5. The van der Waals surface area contributed by atoms with E-state index in [1.165, 1.54) is 0 Å². The molecule has 5 heteroatoms. The lowest BCUT2D eigenvalue weighted by molar-refractivity contribution is 0.0116. The number of nitrogens with zero attached hydrogens (tertiary/aromatic N) is 2. The van der Waals surface area contributed by atoms with Crippen molar-refractivity contribution in [3.63, 3.8) is 0 Å². The summed E-state index contributed by atoms with van der Waals surface area (Å²) in [5.74, 6) is 5.66. The Balaban J connectivity index is 2.80. The SMILES string of the molecule is COC(C)(C)CCC(NN)c1cc(C)nnc1C. The Hall–Kier alpha value is -1.04. The standard InChI is InChI=1S/C13H24N4O/c1-9-8-11(10(2)17-16-9)12(15-14)6-7-13(3,4)18-5/h8,12,15H,6-7,14H2,1-5H3. The first-order valence-electron chi connectivity index (χ1n) is 6.21. The van der Waals surface area contributed by atoms with Gasteiger partial charge in [-0.3, -0.25) is 11.3 Å². The van der Waals surface area contributed by atoms with Crippen molar-refractivity contribution in [3.05, 3.63) is 23.0 Å². The Labute approximate surface area is 109 Å². The Bertz CT molecular complexity index is 393. The fourth-order valence-corrected chi connectivity index (χ4v) is 1.85. The molecule has 1 rings (SSSR count). The lowest BCUT2D eigenvalue weighted by atomic mass is 9.94. The number of rotatable bonds is 6. The van der Waals surface area contributed by atoms with E-state index in [0.717, 1.165) is 29.8 Å². The van der Waals surface area contributed by atoms with E-state index in [2.05, 4.69) is 29.5 Å². The van der Waals surface area contributed by atoms with Crippen LogP contribution in [0.4, 0.5) is 0 Å². The smallest absolute Gasteiger partial charge is 0.0648 e. The summed E-state index contributed by atoms with van der Waals surface area (Å²) in [4.78, 5) is 0. The Morgan fingerprint density at radius 2 is 2.06 bits per heavy atom. The maximum absolute atomic E-state index is 5.66. The number of nitrogens with one attached hydrogen (secondary N) is 1. The minimum atomic E-state index is -0.140. The quantitative estimate of drug-likeness (QED) is 0.596. The van der Waals surface area contributed by atoms with Crippen LogP contribution in [0, 0.1) is 13.8 Å². The van der Waals surface area contributed by atoms with Gasteiger partial charge < -0.3 is 4.74 Å². The van der Waals surface area contributed by atoms with E-state index >= 15 is 0 Å². The van der Waals surface area contributed by atoms with E-state index in [-0.39, 0.29) is 11.6 Å². The van der Waals surface area contributed by atoms with E-state index in [1.807, 2.05) is 19.9 Å². The molecule has 0 fully saturated rings. The first-order valence-corrected chi connectivity index (χ1v) is 6.21. The van der Waals surface area contributed by atoms with E-state index in [1.54, 1.807) is 7.11 Å². The molecule has 0 radical (unpaired) electrons. The second-order valence-electron chi connectivity index (χ2n) is 5.25. The fourth-order valence-electron chi connectivity index (χ4n) is 1.85. The van der Waals surface area contributed by atoms with Gasteiger partial charge in [-0.1, -0.05) is 0 Å². The molecule has 102 valence electrons. The first-order chi connectivity index (χ1) is 8.39. The zero-order chi connectivity index (χ0) is 13.8. The van der Waals surface area contributed by atoms with Crippen LogP contribution in [0.2, 0.25) is 0 Å².